The van der Waals surface area contributed by atoms with Crippen molar-refractivity contribution < 1.29 is 0 Å². The summed E-state index contributed by atoms with van der Waals surface area (Å²) in [6.45, 7) is 4.65. The van der Waals surface area contributed by atoms with E-state index in [0.29, 0.717) is 6.04 Å². The van der Waals surface area contributed by atoms with E-state index in [1.807, 2.05) is 18.2 Å². The predicted molar refractivity (Wildman–Crippen MR) is 80.3 cm³/mol. The van der Waals surface area contributed by atoms with E-state index in [1.165, 1.54) is 32.1 Å². The summed E-state index contributed by atoms with van der Waals surface area (Å²) in [5.74, 6) is 1.72. The average molecular weight is 266 g/mol. The lowest BCUT2D eigenvalue weighted by molar-refractivity contribution is 0.289. The molecule has 0 amide bonds. The molecule has 0 aromatic heterocycles. The first kappa shape index (κ1) is 13.7. The van der Waals surface area contributed by atoms with Gasteiger partial charge in [0, 0.05) is 16.8 Å². The number of halogens is 1. The van der Waals surface area contributed by atoms with Gasteiger partial charge >= 0.3 is 0 Å². The van der Waals surface area contributed by atoms with E-state index in [2.05, 4.69) is 25.2 Å². The van der Waals surface area contributed by atoms with E-state index in [1.54, 1.807) is 0 Å². The normalized spacial score (nSPS) is 24.2. The van der Waals surface area contributed by atoms with Crippen LogP contribution in [0, 0.1) is 11.8 Å². The van der Waals surface area contributed by atoms with Gasteiger partial charge in [-0.1, -0.05) is 44.4 Å². The van der Waals surface area contributed by atoms with Crippen LogP contribution in [0.4, 0.5) is 5.69 Å². The lowest BCUT2D eigenvalue weighted by Gasteiger charge is -2.31. The SMILES string of the molecule is CC(C)CC1CCCC(Nc2cccc(Cl)c2)C1. The van der Waals surface area contributed by atoms with Gasteiger partial charge in [0.25, 0.3) is 0 Å². The van der Waals surface area contributed by atoms with Crippen LogP contribution >= 0.6 is 11.6 Å². The third-order valence-corrected chi connectivity index (χ3v) is 4.02. The topological polar surface area (TPSA) is 12.0 Å². The zero-order chi connectivity index (χ0) is 13.0. The Labute approximate surface area is 116 Å². The summed E-state index contributed by atoms with van der Waals surface area (Å²) < 4.78 is 0. The van der Waals surface area contributed by atoms with Gasteiger partial charge < -0.3 is 5.32 Å². The van der Waals surface area contributed by atoms with Crippen LogP contribution < -0.4 is 5.32 Å². The molecule has 0 heterocycles. The first-order valence-electron chi connectivity index (χ1n) is 7.15. The van der Waals surface area contributed by atoms with Crippen molar-refractivity contribution in [2.24, 2.45) is 11.8 Å². The van der Waals surface area contributed by atoms with Crippen LogP contribution in [-0.2, 0) is 0 Å². The van der Waals surface area contributed by atoms with E-state index in [-0.39, 0.29) is 0 Å². The fraction of sp³-hybridized carbons (Fsp3) is 0.625. The van der Waals surface area contributed by atoms with Gasteiger partial charge in [-0.15, -0.1) is 0 Å². The molecule has 2 atom stereocenters. The van der Waals surface area contributed by atoms with Gasteiger partial charge in [0.15, 0.2) is 0 Å². The van der Waals surface area contributed by atoms with Crippen molar-refractivity contribution in [3.63, 3.8) is 0 Å². The Morgan fingerprint density at radius 1 is 1.33 bits per heavy atom. The Balaban J connectivity index is 1.89. The molecule has 1 aromatic rings. The lowest BCUT2D eigenvalue weighted by atomic mass is 9.81. The number of anilines is 1. The van der Waals surface area contributed by atoms with Crippen molar-refractivity contribution in [1.82, 2.24) is 0 Å². The standard InChI is InChI=1S/C16H24ClN/c1-12(2)9-13-5-3-7-15(10-13)18-16-8-4-6-14(17)11-16/h4,6,8,11-13,15,18H,3,5,7,9-10H2,1-2H3. The minimum absolute atomic E-state index is 0.626. The molecule has 1 nitrogen and oxygen atoms in total. The molecule has 0 radical (unpaired) electrons. The predicted octanol–water partition coefficient (Wildman–Crippen LogP) is 5.36. The molecular formula is C16H24ClN. The zero-order valence-corrected chi connectivity index (χ0v) is 12.2. The number of nitrogens with one attached hydrogen (secondary N) is 1. The molecule has 2 rings (SSSR count). The van der Waals surface area contributed by atoms with E-state index in [9.17, 15) is 0 Å². The van der Waals surface area contributed by atoms with Crippen LogP contribution in [-0.4, -0.2) is 6.04 Å². The zero-order valence-electron chi connectivity index (χ0n) is 11.5. The molecular weight excluding hydrogens is 242 g/mol. The average Bonchev–Trinajstić information content (AvgIpc) is 2.28. The molecule has 100 valence electrons. The van der Waals surface area contributed by atoms with Gasteiger partial charge in [-0.3, -0.25) is 0 Å². The molecule has 1 N–H and O–H groups in total. The van der Waals surface area contributed by atoms with Crippen molar-refractivity contribution >= 4 is 17.3 Å². The van der Waals surface area contributed by atoms with E-state index in [0.717, 1.165) is 22.5 Å². The summed E-state index contributed by atoms with van der Waals surface area (Å²) in [7, 11) is 0. The van der Waals surface area contributed by atoms with Crippen LogP contribution in [0.2, 0.25) is 5.02 Å². The quantitative estimate of drug-likeness (QED) is 0.773. The second-order valence-electron chi connectivity index (χ2n) is 6.01. The Morgan fingerprint density at radius 2 is 2.17 bits per heavy atom. The summed E-state index contributed by atoms with van der Waals surface area (Å²) in [4.78, 5) is 0. The highest BCUT2D eigenvalue weighted by Crippen LogP contribution is 2.31. The Hall–Kier alpha value is -0.690. The molecule has 1 aliphatic rings. The lowest BCUT2D eigenvalue weighted by Crippen LogP contribution is -2.27. The summed E-state index contributed by atoms with van der Waals surface area (Å²) >= 11 is 6.02. The minimum Gasteiger partial charge on any atom is -0.382 e. The third-order valence-electron chi connectivity index (χ3n) is 3.78. The molecule has 0 bridgehead atoms. The molecule has 18 heavy (non-hydrogen) atoms. The van der Waals surface area contributed by atoms with Crippen LogP contribution in [0.25, 0.3) is 0 Å². The molecule has 1 aliphatic carbocycles. The van der Waals surface area contributed by atoms with Crippen molar-refractivity contribution in [2.45, 2.75) is 52.0 Å². The van der Waals surface area contributed by atoms with Gasteiger partial charge in [0.05, 0.1) is 0 Å². The largest absolute Gasteiger partial charge is 0.382 e. The van der Waals surface area contributed by atoms with Crippen molar-refractivity contribution in [3.8, 4) is 0 Å². The first-order valence-corrected chi connectivity index (χ1v) is 7.53. The third kappa shape index (κ3) is 4.20. The summed E-state index contributed by atoms with van der Waals surface area (Å²) in [5.41, 5.74) is 1.16. The highest BCUT2D eigenvalue weighted by Gasteiger charge is 2.22. The second kappa shape index (κ2) is 6.47. The first-order chi connectivity index (χ1) is 8.63. The smallest absolute Gasteiger partial charge is 0.0426 e. The molecule has 0 spiro atoms. The maximum Gasteiger partial charge on any atom is 0.0426 e. The number of benzene rings is 1. The molecule has 2 heteroatoms. The maximum atomic E-state index is 6.02. The van der Waals surface area contributed by atoms with E-state index < -0.39 is 0 Å². The molecule has 1 fully saturated rings. The van der Waals surface area contributed by atoms with Crippen LogP contribution in [0.15, 0.2) is 24.3 Å². The second-order valence-corrected chi connectivity index (χ2v) is 6.45. The fourth-order valence-electron chi connectivity index (χ4n) is 3.12. The Bertz CT molecular complexity index is 375. The van der Waals surface area contributed by atoms with Crippen LogP contribution in [0.1, 0.15) is 46.0 Å². The maximum absolute atomic E-state index is 6.02. The highest BCUT2D eigenvalue weighted by molar-refractivity contribution is 6.30. The number of hydrogen-bond acceptors (Lipinski definition) is 1. The van der Waals surface area contributed by atoms with E-state index >= 15 is 0 Å². The number of hydrogen-bond donors (Lipinski definition) is 1. The molecule has 0 aliphatic heterocycles. The number of rotatable bonds is 4. The van der Waals surface area contributed by atoms with Crippen LogP contribution in [0.5, 0.6) is 0 Å². The van der Waals surface area contributed by atoms with Gasteiger partial charge in [-0.25, -0.2) is 0 Å². The highest BCUT2D eigenvalue weighted by atomic mass is 35.5. The van der Waals surface area contributed by atoms with Crippen molar-refractivity contribution in [1.29, 1.82) is 0 Å². The Morgan fingerprint density at radius 3 is 2.89 bits per heavy atom. The molecule has 1 saturated carbocycles. The van der Waals surface area contributed by atoms with E-state index in [4.69, 9.17) is 11.6 Å². The van der Waals surface area contributed by atoms with Crippen molar-refractivity contribution in [3.05, 3.63) is 29.3 Å². The van der Waals surface area contributed by atoms with Gasteiger partial charge in [-0.2, -0.15) is 0 Å². The molecule has 2 unspecified atom stereocenters. The monoisotopic (exact) mass is 265 g/mol. The minimum atomic E-state index is 0.626. The summed E-state index contributed by atoms with van der Waals surface area (Å²) in [6.07, 6.45) is 6.74. The van der Waals surface area contributed by atoms with Gasteiger partial charge in [-0.05, 0) is 49.3 Å². The van der Waals surface area contributed by atoms with Crippen molar-refractivity contribution in [2.75, 3.05) is 5.32 Å². The summed E-state index contributed by atoms with van der Waals surface area (Å²) in [6, 6.07) is 8.70. The molecule has 1 aromatic carbocycles. The fourth-order valence-corrected chi connectivity index (χ4v) is 3.31. The Kier molecular flexibility index (Phi) is 4.94. The van der Waals surface area contributed by atoms with Crippen LogP contribution in [0.3, 0.4) is 0 Å². The van der Waals surface area contributed by atoms with Gasteiger partial charge in [0.1, 0.15) is 0 Å². The van der Waals surface area contributed by atoms with Gasteiger partial charge in [0.2, 0.25) is 0 Å². The summed E-state index contributed by atoms with van der Waals surface area (Å²) in [5, 5.41) is 4.45. The molecule has 0 saturated heterocycles.